The van der Waals surface area contributed by atoms with Crippen LogP contribution in [0, 0.1) is 6.92 Å². The van der Waals surface area contributed by atoms with Gasteiger partial charge in [0.2, 0.25) is 0 Å². The highest BCUT2D eigenvalue weighted by atomic mass is 79.9. The molecule has 0 aliphatic heterocycles. The maximum atomic E-state index is 12.2. The molecule has 0 aromatic heterocycles. The highest BCUT2D eigenvalue weighted by molar-refractivity contribution is 9.10. The molecule has 2 aromatic rings. The van der Waals surface area contributed by atoms with Gasteiger partial charge in [-0.3, -0.25) is 4.79 Å². The number of aryl methyl sites for hydroxylation is 1. The molecule has 0 radical (unpaired) electrons. The van der Waals surface area contributed by atoms with Crippen molar-refractivity contribution in [1.82, 2.24) is 4.90 Å². The number of anilines is 1. The Kier molecular flexibility index (Phi) is 5.15. The fourth-order valence-electron chi connectivity index (χ4n) is 2.05. The minimum Gasteiger partial charge on any atom is -0.322 e. The number of amides is 1. The molecule has 0 atom stereocenters. The Bertz CT molecular complexity index is 636. The topological polar surface area (TPSA) is 32.3 Å². The molecule has 0 saturated heterocycles. The summed E-state index contributed by atoms with van der Waals surface area (Å²) in [6, 6.07) is 13.5. The van der Waals surface area contributed by atoms with Gasteiger partial charge in [-0.15, -0.1) is 0 Å². The van der Waals surface area contributed by atoms with Crippen molar-refractivity contribution in [3.8, 4) is 0 Å². The van der Waals surface area contributed by atoms with Gasteiger partial charge >= 0.3 is 0 Å². The molecule has 0 aliphatic carbocycles. The summed E-state index contributed by atoms with van der Waals surface area (Å²) in [4.78, 5) is 14.3. The van der Waals surface area contributed by atoms with Gasteiger partial charge in [0.05, 0.1) is 0 Å². The molecule has 0 spiro atoms. The molecule has 0 saturated carbocycles. The van der Waals surface area contributed by atoms with Crippen LogP contribution in [-0.4, -0.2) is 24.9 Å². The van der Waals surface area contributed by atoms with Crippen molar-refractivity contribution in [3.05, 3.63) is 63.6 Å². The molecule has 110 valence electrons. The van der Waals surface area contributed by atoms with E-state index in [9.17, 15) is 4.79 Å². The summed E-state index contributed by atoms with van der Waals surface area (Å²) in [6.45, 7) is 2.86. The van der Waals surface area contributed by atoms with Crippen LogP contribution in [0.2, 0.25) is 0 Å². The summed E-state index contributed by atoms with van der Waals surface area (Å²) in [5, 5.41) is 2.92. The number of carbonyl (C=O) groups is 1. The molecular weight excluding hydrogens is 328 g/mol. The predicted molar refractivity (Wildman–Crippen MR) is 90.7 cm³/mol. The Morgan fingerprint density at radius 2 is 1.81 bits per heavy atom. The van der Waals surface area contributed by atoms with Gasteiger partial charge in [-0.25, -0.2) is 0 Å². The van der Waals surface area contributed by atoms with Crippen LogP contribution in [0.1, 0.15) is 21.5 Å². The summed E-state index contributed by atoms with van der Waals surface area (Å²) < 4.78 is 1.01. The molecule has 0 bridgehead atoms. The third-order valence-corrected chi connectivity index (χ3v) is 4.02. The lowest BCUT2D eigenvalue weighted by atomic mass is 10.1. The molecule has 3 nitrogen and oxygen atoms in total. The Balaban J connectivity index is 2.06. The molecule has 21 heavy (non-hydrogen) atoms. The van der Waals surface area contributed by atoms with E-state index in [0.29, 0.717) is 5.56 Å². The molecule has 2 rings (SSSR count). The minimum atomic E-state index is -0.0917. The summed E-state index contributed by atoms with van der Waals surface area (Å²) in [5.41, 5.74) is 3.73. The highest BCUT2D eigenvalue weighted by Crippen LogP contribution is 2.18. The number of carbonyl (C=O) groups excluding carboxylic acids is 1. The SMILES string of the molecule is Cc1cc(C(=O)Nc2ccc(CN(C)C)cc2)ccc1Br. The van der Waals surface area contributed by atoms with Crippen LogP contribution < -0.4 is 5.32 Å². The summed E-state index contributed by atoms with van der Waals surface area (Å²) in [7, 11) is 4.07. The van der Waals surface area contributed by atoms with E-state index in [0.717, 1.165) is 22.3 Å². The van der Waals surface area contributed by atoms with E-state index in [1.54, 1.807) is 0 Å². The second-order valence-corrected chi connectivity index (χ2v) is 6.21. The van der Waals surface area contributed by atoms with E-state index in [4.69, 9.17) is 0 Å². The van der Waals surface area contributed by atoms with E-state index < -0.39 is 0 Å². The normalized spacial score (nSPS) is 10.7. The first-order chi connectivity index (χ1) is 9.95. The number of nitrogens with one attached hydrogen (secondary N) is 1. The average molecular weight is 347 g/mol. The van der Waals surface area contributed by atoms with E-state index in [1.165, 1.54) is 5.56 Å². The second-order valence-electron chi connectivity index (χ2n) is 5.35. The smallest absolute Gasteiger partial charge is 0.255 e. The zero-order valence-corrected chi connectivity index (χ0v) is 14.1. The zero-order chi connectivity index (χ0) is 15.4. The summed E-state index contributed by atoms with van der Waals surface area (Å²) >= 11 is 3.44. The third-order valence-electron chi connectivity index (χ3n) is 3.13. The van der Waals surface area contributed by atoms with Crippen LogP contribution in [-0.2, 0) is 6.54 Å². The number of rotatable bonds is 4. The van der Waals surface area contributed by atoms with Crippen molar-refractivity contribution in [3.63, 3.8) is 0 Å². The van der Waals surface area contributed by atoms with Crippen LogP contribution in [0.3, 0.4) is 0 Å². The maximum Gasteiger partial charge on any atom is 0.255 e. The molecule has 0 fully saturated rings. The fourth-order valence-corrected chi connectivity index (χ4v) is 2.29. The van der Waals surface area contributed by atoms with Gasteiger partial charge in [0.1, 0.15) is 0 Å². The first kappa shape index (κ1) is 15.7. The van der Waals surface area contributed by atoms with Crippen molar-refractivity contribution >= 4 is 27.5 Å². The van der Waals surface area contributed by atoms with Gasteiger partial charge in [0.15, 0.2) is 0 Å². The molecule has 0 aliphatic rings. The number of nitrogens with zero attached hydrogens (tertiary/aromatic N) is 1. The Hall–Kier alpha value is -1.65. The lowest BCUT2D eigenvalue weighted by Crippen LogP contribution is -2.13. The summed E-state index contributed by atoms with van der Waals surface area (Å²) in [6.07, 6.45) is 0. The molecule has 4 heteroatoms. The van der Waals surface area contributed by atoms with Crippen LogP contribution in [0.5, 0.6) is 0 Å². The number of benzene rings is 2. The molecule has 1 N–H and O–H groups in total. The quantitative estimate of drug-likeness (QED) is 0.904. The van der Waals surface area contributed by atoms with Crippen LogP contribution >= 0.6 is 15.9 Å². The van der Waals surface area contributed by atoms with Crippen LogP contribution in [0.4, 0.5) is 5.69 Å². The average Bonchev–Trinajstić information content (AvgIpc) is 2.43. The van der Waals surface area contributed by atoms with E-state index in [-0.39, 0.29) is 5.91 Å². The predicted octanol–water partition coefficient (Wildman–Crippen LogP) is 4.07. The van der Waals surface area contributed by atoms with Crippen molar-refractivity contribution < 1.29 is 4.79 Å². The van der Waals surface area contributed by atoms with Gasteiger partial charge in [0, 0.05) is 22.3 Å². The zero-order valence-electron chi connectivity index (χ0n) is 12.5. The van der Waals surface area contributed by atoms with Crippen molar-refractivity contribution in [2.24, 2.45) is 0 Å². The number of halogens is 1. The Morgan fingerprint density at radius 3 is 2.38 bits per heavy atom. The standard InChI is InChI=1S/C17H19BrN2O/c1-12-10-14(6-9-16(12)18)17(21)19-15-7-4-13(5-8-15)11-20(2)3/h4-10H,11H2,1-3H3,(H,19,21). The van der Waals surface area contributed by atoms with Gasteiger partial charge < -0.3 is 10.2 Å². The fraction of sp³-hybridized carbons (Fsp3) is 0.235. The molecule has 0 unspecified atom stereocenters. The number of hydrogen-bond donors (Lipinski definition) is 1. The van der Waals surface area contributed by atoms with Gasteiger partial charge in [-0.2, -0.15) is 0 Å². The Labute approximate surface area is 134 Å². The van der Waals surface area contributed by atoms with Crippen molar-refractivity contribution in [2.75, 3.05) is 19.4 Å². The highest BCUT2D eigenvalue weighted by Gasteiger charge is 2.07. The van der Waals surface area contributed by atoms with Crippen LogP contribution in [0.15, 0.2) is 46.9 Å². The first-order valence-electron chi connectivity index (χ1n) is 6.77. The number of hydrogen-bond acceptors (Lipinski definition) is 2. The summed E-state index contributed by atoms with van der Waals surface area (Å²) in [5.74, 6) is -0.0917. The van der Waals surface area contributed by atoms with Crippen molar-refractivity contribution in [1.29, 1.82) is 0 Å². The Morgan fingerprint density at radius 1 is 1.14 bits per heavy atom. The van der Waals surface area contributed by atoms with Crippen molar-refractivity contribution in [2.45, 2.75) is 13.5 Å². The molecule has 2 aromatic carbocycles. The lowest BCUT2D eigenvalue weighted by molar-refractivity contribution is 0.102. The van der Waals surface area contributed by atoms with E-state index in [2.05, 4.69) is 26.1 Å². The van der Waals surface area contributed by atoms with E-state index in [1.807, 2.05) is 63.5 Å². The second kappa shape index (κ2) is 6.87. The van der Waals surface area contributed by atoms with Crippen LogP contribution in [0.25, 0.3) is 0 Å². The molecule has 1 amide bonds. The van der Waals surface area contributed by atoms with E-state index >= 15 is 0 Å². The molecular formula is C17H19BrN2O. The minimum absolute atomic E-state index is 0.0917. The molecule has 0 heterocycles. The van der Waals surface area contributed by atoms with Gasteiger partial charge in [-0.05, 0) is 62.5 Å². The van der Waals surface area contributed by atoms with Gasteiger partial charge in [-0.1, -0.05) is 28.1 Å². The lowest BCUT2D eigenvalue weighted by Gasteiger charge is -2.11. The first-order valence-corrected chi connectivity index (χ1v) is 7.56. The maximum absolute atomic E-state index is 12.2. The third kappa shape index (κ3) is 4.41. The van der Waals surface area contributed by atoms with Gasteiger partial charge in [0.25, 0.3) is 5.91 Å². The largest absolute Gasteiger partial charge is 0.322 e. The monoisotopic (exact) mass is 346 g/mol.